The van der Waals surface area contributed by atoms with E-state index in [-0.39, 0.29) is 0 Å². The fraction of sp³-hybridized carbons (Fsp3) is 0.407. The monoisotopic (exact) mass is 444 g/mol. The molecule has 3 aromatic rings. The summed E-state index contributed by atoms with van der Waals surface area (Å²) >= 11 is 0. The highest BCUT2D eigenvalue weighted by molar-refractivity contribution is 5.79. The molecule has 6 nitrogen and oxygen atoms in total. The Morgan fingerprint density at radius 3 is 2.42 bits per heavy atom. The van der Waals surface area contributed by atoms with Crippen molar-refractivity contribution in [2.75, 3.05) is 26.7 Å². The summed E-state index contributed by atoms with van der Waals surface area (Å²) in [5.41, 5.74) is 4.90. The largest absolute Gasteiger partial charge is 0.356 e. The predicted octanol–water partition coefficient (Wildman–Crippen LogP) is 3.94. The van der Waals surface area contributed by atoms with Crippen LogP contribution < -0.4 is 10.6 Å². The molecule has 1 aromatic heterocycles. The zero-order valence-electron chi connectivity index (χ0n) is 19.9. The Kier molecular flexibility index (Phi) is 8.14. The van der Waals surface area contributed by atoms with Gasteiger partial charge >= 0.3 is 0 Å². The molecular weight excluding hydrogens is 408 g/mol. The molecular formula is C27H36N6. The van der Waals surface area contributed by atoms with Crippen molar-refractivity contribution in [1.82, 2.24) is 25.3 Å². The molecule has 1 saturated heterocycles. The fourth-order valence-corrected chi connectivity index (χ4v) is 4.40. The molecule has 6 heteroatoms. The molecule has 1 aliphatic heterocycles. The number of aromatic nitrogens is 2. The van der Waals surface area contributed by atoms with E-state index in [1.165, 1.54) is 11.1 Å². The van der Waals surface area contributed by atoms with Gasteiger partial charge in [0.25, 0.3) is 0 Å². The summed E-state index contributed by atoms with van der Waals surface area (Å²) < 4.78 is 1.97. The second-order valence-corrected chi connectivity index (χ2v) is 8.80. The first-order valence-corrected chi connectivity index (χ1v) is 12.1. The molecule has 1 aliphatic rings. The van der Waals surface area contributed by atoms with Crippen LogP contribution in [0.1, 0.15) is 36.1 Å². The maximum Gasteiger partial charge on any atom is 0.191 e. The summed E-state index contributed by atoms with van der Waals surface area (Å²) in [6.45, 7) is 6.26. The standard InChI is InChI=1S/C27H36N6/c1-22-24(21-33(31-22)26-13-7-4-8-14-26)12-9-17-29-27(28-2)30-25-15-18-32(19-16-25)20-23-10-5-3-6-11-23/h3-8,10-11,13-14,21,25H,9,12,15-20H2,1-2H3,(H2,28,29,30). The van der Waals surface area contributed by atoms with Gasteiger partial charge < -0.3 is 10.6 Å². The zero-order valence-corrected chi connectivity index (χ0v) is 19.9. The number of hydrogen-bond donors (Lipinski definition) is 2. The second kappa shape index (κ2) is 11.7. The lowest BCUT2D eigenvalue weighted by atomic mass is 10.0. The average Bonchev–Trinajstić information content (AvgIpc) is 3.23. The van der Waals surface area contributed by atoms with Crippen molar-refractivity contribution in [3.05, 3.63) is 83.7 Å². The number of guanidine groups is 1. The van der Waals surface area contributed by atoms with Gasteiger partial charge in [-0.05, 0) is 55.9 Å². The van der Waals surface area contributed by atoms with Crippen LogP contribution in [0.15, 0.2) is 71.9 Å². The first-order valence-electron chi connectivity index (χ1n) is 12.1. The van der Waals surface area contributed by atoms with Crippen molar-refractivity contribution in [3.8, 4) is 5.69 Å². The van der Waals surface area contributed by atoms with E-state index in [1.54, 1.807) is 0 Å². The number of nitrogens with zero attached hydrogens (tertiary/aromatic N) is 4. The lowest BCUT2D eigenvalue weighted by Crippen LogP contribution is -2.48. The van der Waals surface area contributed by atoms with Crippen LogP contribution in [-0.4, -0.2) is 53.4 Å². The van der Waals surface area contributed by atoms with Crippen LogP contribution in [0.5, 0.6) is 0 Å². The minimum absolute atomic E-state index is 0.481. The van der Waals surface area contributed by atoms with Crippen LogP contribution in [0, 0.1) is 6.92 Å². The number of likely N-dealkylation sites (tertiary alicyclic amines) is 1. The van der Waals surface area contributed by atoms with Gasteiger partial charge in [-0.1, -0.05) is 48.5 Å². The number of aliphatic imine (C=N–C) groups is 1. The molecule has 174 valence electrons. The third-order valence-corrected chi connectivity index (χ3v) is 6.34. The molecule has 4 rings (SSSR count). The van der Waals surface area contributed by atoms with Crippen molar-refractivity contribution in [3.63, 3.8) is 0 Å². The van der Waals surface area contributed by atoms with Crippen molar-refractivity contribution < 1.29 is 0 Å². The van der Waals surface area contributed by atoms with E-state index in [9.17, 15) is 0 Å². The van der Waals surface area contributed by atoms with Crippen LogP contribution in [0.4, 0.5) is 0 Å². The Morgan fingerprint density at radius 1 is 1.03 bits per heavy atom. The first kappa shape index (κ1) is 23.1. The summed E-state index contributed by atoms with van der Waals surface area (Å²) in [6.07, 6.45) is 6.48. The number of piperidine rings is 1. The van der Waals surface area contributed by atoms with Crippen molar-refractivity contribution >= 4 is 5.96 Å². The quantitative estimate of drug-likeness (QED) is 0.314. The Morgan fingerprint density at radius 2 is 1.73 bits per heavy atom. The highest BCUT2D eigenvalue weighted by Crippen LogP contribution is 2.15. The van der Waals surface area contributed by atoms with Gasteiger partial charge in [0.2, 0.25) is 0 Å². The molecule has 33 heavy (non-hydrogen) atoms. The van der Waals surface area contributed by atoms with E-state index in [0.29, 0.717) is 6.04 Å². The van der Waals surface area contributed by atoms with Crippen LogP contribution in [0.2, 0.25) is 0 Å². The second-order valence-electron chi connectivity index (χ2n) is 8.80. The lowest BCUT2D eigenvalue weighted by molar-refractivity contribution is 0.198. The predicted molar refractivity (Wildman–Crippen MR) is 136 cm³/mol. The summed E-state index contributed by atoms with van der Waals surface area (Å²) in [5, 5.41) is 11.8. The SMILES string of the molecule is CN=C(NCCCc1cn(-c2ccccc2)nc1C)NC1CCN(Cc2ccccc2)CC1. The molecule has 0 saturated carbocycles. The number of hydrogen-bond acceptors (Lipinski definition) is 3. The Hall–Kier alpha value is -3.12. The number of rotatable bonds is 8. The third-order valence-electron chi connectivity index (χ3n) is 6.34. The van der Waals surface area contributed by atoms with Crippen LogP contribution in [0.3, 0.4) is 0 Å². The fourth-order valence-electron chi connectivity index (χ4n) is 4.40. The summed E-state index contributed by atoms with van der Waals surface area (Å²) in [5.74, 6) is 0.910. The smallest absolute Gasteiger partial charge is 0.191 e. The molecule has 0 atom stereocenters. The molecule has 2 heterocycles. The van der Waals surface area contributed by atoms with Crippen LogP contribution in [0.25, 0.3) is 5.69 Å². The first-order chi connectivity index (χ1) is 16.2. The molecule has 0 aliphatic carbocycles. The third kappa shape index (κ3) is 6.68. The molecule has 0 bridgehead atoms. The Balaban J connectivity index is 1.17. The molecule has 1 fully saturated rings. The van der Waals surface area contributed by atoms with E-state index in [0.717, 1.165) is 69.2 Å². The van der Waals surface area contributed by atoms with Crippen LogP contribution >= 0.6 is 0 Å². The van der Waals surface area contributed by atoms with Crippen molar-refractivity contribution in [2.24, 2.45) is 4.99 Å². The number of nitrogens with one attached hydrogen (secondary N) is 2. The van der Waals surface area contributed by atoms with Gasteiger partial charge in [-0.25, -0.2) is 4.68 Å². The van der Waals surface area contributed by atoms with Gasteiger partial charge in [0.05, 0.1) is 11.4 Å². The number of benzene rings is 2. The van der Waals surface area contributed by atoms with E-state index in [4.69, 9.17) is 0 Å². The molecule has 2 N–H and O–H groups in total. The van der Waals surface area contributed by atoms with Crippen molar-refractivity contribution in [2.45, 2.75) is 45.2 Å². The Bertz CT molecular complexity index is 1000. The summed E-state index contributed by atoms with van der Waals surface area (Å²) in [4.78, 5) is 6.98. The van der Waals surface area contributed by atoms with Gasteiger partial charge in [0.1, 0.15) is 0 Å². The van der Waals surface area contributed by atoms with Gasteiger partial charge in [0, 0.05) is 45.5 Å². The van der Waals surface area contributed by atoms with E-state index in [1.807, 2.05) is 29.9 Å². The molecule has 0 spiro atoms. The highest BCUT2D eigenvalue weighted by Gasteiger charge is 2.20. The van der Waals surface area contributed by atoms with Gasteiger partial charge in [-0.15, -0.1) is 0 Å². The van der Waals surface area contributed by atoms with Crippen molar-refractivity contribution in [1.29, 1.82) is 0 Å². The number of para-hydroxylation sites is 1. The molecule has 0 amide bonds. The van der Waals surface area contributed by atoms with Gasteiger partial charge in [0.15, 0.2) is 5.96 Å². The maximum atomic E-state index is 4.68. The molecule has 2 aromatic carbocycles. The van der Waals surface area contributed by atoms with Gasteiger partial charge in [-0.2, -0.15) is 5.10 Å². The summed E-state index contributed by atoms with van der Waals surface area (Å²) in [7, 11) is 1.86. The minimum atomic E-state index is 0.481. The highest BCUT2D eigenvalue weighted by atomic mass is 15.3. The summed E-state index contributed by atoms with van der Waals surface area (Å²) in [6, 6.07) is 21.5. The van der Waals surface area contributed by atoms with Gasteiger partial charge in [-0.3, -0.25) is 9.89 Å². The zero-order chi connectivity index (χ0) is 22.9. The topological polar surface area (TPSA) is 57.5 Å². The van der Waals surface area contributed by atoms with E-state index >= 15 is 0 Å². The van der Waals surface area contributed by atoms with Crippen LogP contribution in [-0.2, 0) is 13.0 Å². The Labute approximate surface area is 197 Å². The minimum Gasteiger partial charge on any atom is -0.356 e. The van der Waals surface area contributed by atoms with E-state index in [2.05, 4.69) is 81.2 Å². The molecule has 0 unspecified atom stereocenters. The lowest BCUT2D eigenvalue weighted by Gasteiger charge is -2.33. The van der Waals surface area contributed by atoms with E-state index < -0.39 is 0 Å². The normalized spacial score (nSPS) is 15.5. The number of aryl methyl sites for hydroxylation is 2. The maximum absolute atomic E-state index is 4.68. The average molecular weight is 445 g/mol. The molecule has 0 radical (unpaired) electrons.